The van der Waals surface area contributed by atoms with Crippen molar-refractivity contribution in [1.29, 1.82) is 0 Å². The highest BCUT2D eigenvalue weighted by atomic mass is 16.5. The number of likely N-dealkylation sites (tertiary alicyclic amines) is 1. The van der Waals surface area contributed by atoms with E-state index in [-0.39, 0.29) is 73.7 Å². The highest BCUT2D eigenvalue weighted by Crippen LogP contribution is 2.42. The van der Waals surface area contributed by atoms with E-state index in [1.807, 2.05) is 36.4 Å². The molecule has 7 atom stereocenters. The molecule has 6 amide bonds. The molecule has 3 aromatic carbocycles. The molecule has 0 spiro atoms. The Morgan fingerprint density at radius 1 is 0.641 bits per heavy atom. The zero-order valence-corrected chi connectivity index (χ0v) is 37.7. The molecule has 5 N–H and O–H groups in total. The van der Waals surface area contributed by atoms with E-state index in [0.29, 0.717) is 17.8 Å². The van der Waals surface area contributed by atoms with Crippen LogP contribution in [0.25, 0.3) is 0 Å². The summed E-state index contributed by atoms with van der Waals surface area (Å²) >= 11 is 0. The number of nitrogens with one attached hydrogen (secondary N) is 5. The normalized spacial score (nSPS) is 21.2. The van der Waals surface area contributed by atoms with Crippen molar-refractivity contribution in [2.45, 2.75) is 134 Å². The van der Waals surface area contributed by atoms with E-state index in [9.17, 15) is 28.8 Å². The van der Waals surface area contributed by atoms with Crippen LogP contribution in [0, 0.1) is 11.8 Å². The van der Waals surface area contributed by atoms with E-state index >= 15 is 0 Å². The molecule has 0 unspecified atom stereocenters. The van der Waals surface area contributed by atoms with E-state index in [4.69, 9.17) is 4.74 Å². The lowest BCUT2D eigenvalue weighted by Crippen LogP contribution is -2.50. The maximum absolute atomic E-state index is 13.9. The summed E-state index contributed by atoms with van der Waals surface area (Å²) in [6, 6.07) is 25.3. The molecule has 3 aliphatic rings. The monoisotopic (exact) mass is 877 g/mol. The van der Waals surface area contributed by atoms with Gasteiger partial charge in [0.2, 0.25) is 23.6 Å². The van der Waals surface area contributed by atoms with E-state index in [1.54, 1.807) is 29.2 Å². The molecular formula is C51H68N6O7. The lowest BCUT2D eigenvalue weighted by atomic mass is 9.94. The van der Waals surface area contributed by atoms with Crippen LogP contribution in [0.3, 0.4) is 0 Å². The number of rotatable bonds is 25. The summed E-state index contributed by atoms with van der Waals surface area (Å²) < 4.78 is 5.43. The topological polar surface area (TPSA) is 175 Å². The van der Waals surface area contributed by atoms with E-state index in [1.165, 1.54) is 19.3 Å². The Balaban J connectivity index is 1.02. The van der Waals surface area contributed by atoms with Crippen molar-refractivity contribution in [1.82, 2.24) is 26.2 Å². The third-order valence-electron chi connectivity index (χ3n) is 12.7. The van der Waals surface area contributed by atoms with Gasteiger partial charge in [0, 0.05) is 61.2 Å². The summed E-state index contributed by atoms with van der Waals surface area (Å²) in [7, 11) is 0. The molecule has 344 valence electrons. The minimum atomic E-state index is -1.05. The first-order chi connectivity index (χ1) is 31.1. The second-order valence-corrected chi connectivity index (χ2v) is 17.8. The van der Waals surface area contributed by atoms with Crippen LogP contribution in [-0.4, -0.2) is 84.9 Å². The third-order valence-corrected chi connectivity index (χ3v) is 12.7. The number of unbranched alkanes of at least 4 members (excludes halogenated alkanes) is 9. The molecule has 3 aromatic rings. The summed E-state index contributed by atoms with van der Waals surface area (Å²) in [6.45, 7) is 4.58. The van der Waals surface area contributed by atoms with Gasteiger partial charge in [0.25, 0.3) is 5.91 Å². The molecule has 6 rings (SSSR count). The van der Waals surface area contributed by atoms with Crippen molar-refractivity contribution in [3.63, 3.8) is 0 Å². The number of hydrogen-bond donors (Lipinski definition) is 5. The van der Waals surface area contributed by atoms with Gasteiger partial charge in [0.05, 0.1) is 11.8 Å². The second-order valence-electron chi connectivity index (χ2n) is 17.8. The van der Waals surface area contributed by atoms with Gasteiger partial charge < -0.3 is 30.9 Å². The van der Waals surface area contributed by atoms with Crippen LogP contribution in [-0.2, 0) is 23.9 Å². The number of carbonyl (C=O) groups is 6. The number of hydrogen-bond acceptors (Lipinski definition) is 7. The first-order valence-electron chi connectivity index (χ1n) is 23.8. The molecule has 13 nitrogen and oxygen atoms in total. The molecule has 1 aliphatic heterocycles. The molecular weight excluding hydrogens is 809 g/mol. The van der Waals surface area contributed by atoms with Crippen LogP contribution in [0.15, 0.2) is 84.9 Å². The Morgan fingerprint density at radius 2 is 1.16 bits per heavy atom. The fourth-order valence-electron chi connectivity index (χ4n) is 8.70. The van der Waals surface area contributed by atoms with Gasteiger partial charge in [-0.05, 0) is 61.1 Å². The zero-order chi connectivity index (χ0) is 45.3. The van der Waals surface area contributed by atoms with Gasteiger partial charge in [-0.1, -0.05) is 132 Å². The first kappa shape index (κ1) is 47.8. The lowest BCUT2D eigenvalue weighted by Gasteiger charge is -2.19. The van der Waals surface area contributed by atoms with Crippen molar-refractivity contribution < 1.29 is 33.5 Å². The molecule has 13 heteroatoms. The van der Waals surface area contributed by atoms with Crippen LogP contribution < -0.4 is 26.6 Å². The van der Waals surface area contributed by atoms with Gasteiger partial charge in [0.1, 0.15) is 12.6 Å². The molecule has 1 heterocycles. The molecule has 0 radical (unpaired) electrons. The van der Waals surface area contributed by atoms with E-state index in [0.717, 1.165) is 75.3 Å². The summed E-state index contributed by atoms with van der Waals surface area (Å²) in [4.78, 5) is 82.1. The van der Waals surface area contributed by atoms with E-state index in [2.05, 4.69) is 64.7 Å². The predicted molar refractivity (Wildman–Crippen MR) is 247 cm³/mol. The summed E-state index contributed by atoms with van der Waals surface area (Å²) in [5, 5.41) is 14.6. The standard InChI is InChI=1S/C51H68N6O7/c1-3-5-7-9-10-11-18-24-46(58)54-45(49(61)52-29-19-8-6-4-2)34-64-51(63)53-38-27-25-37(26-28-38)50(62)57-32-41(47(59)55-43-30-39(43)35-20-14-12-15-21-35)42(33-57)48(60)56-44-31-40(44)36-22-16-13-17-23-36/h12-17,20-23,25-28,39-45H,3-11,18-19,24,29-34H2,1-2H3,(H,52,61)(H,53,63)(H,54,58)(H,55,59)(H,56,60)/t39-,40-,41-,42-,43+,44+,45+/m1/s1. The van der Waals surface area contributed by atoms with Crippen molar-refractivity contribution >= 4 is 41.3 Å². The maximum atomic E-state index is 13.9. The van der Waals surface area contributed by atoms with E-state index < -0.39 is 29.9 Å². The minimum absolute atomic E-state index is 0.0252. The number of ether oxygens (including phenoxy) is 1. The Bertz CT molecular complexity index is 1920. The number of anilines is 1. The Labute approximate surface area is 378 Å². The molecule has 2 aliphatic carbocycles. The fourth-order valence-corrected chi connectivity index (χ4v) is 8.70. The predicted octanol–water partition coefficient (Wildman–Crippen LogP) is 7.59. The highest BCUT2D eigenvalue weighted by Gasteiger charge is 2.49. The van der Waals surface area contributed by atoms with Crippen LogP contribution >= 0.6 is 0 Å². The van der Waals surface area contributed by atoms with Gasteiger partial charge >= 0.3 is 6.09 Å². The number of benzene rings is 3. The quantitative estimate of drug-likeness (QED) is 0.0545. The molecule has 1 saturated heterocycles. The molecule has 3 fully saturated rings. The molecule has 0 bridgehead atoms. The SMILES string of the molecule is CCCCCCCCCC(=O)N[C@@H](COC(=O)Nc1ccc(C(=O)N2C[C@@H](C(=O)N[C@H]3C[C@@H]3c3ccccc3)[C@H](C(=O)N[C@H]3C[C@@H]3c3ccccc3)C2)cc1)C(=O)NCCCCCC. The number of nitrogens with zero attached hydrogens (tertiary/aromatic N) is 1. The second kappa shape index (κ2) is 24.4. The average Bonchev–Trinajstić information content (AvgIpc) is 4.22. The molecule has 64 heavy (non-hydrogen) atoms. The van der Waals surface area contributed by atoms with Gasteiger partial charge in [-0.3, -0.25) is 29.3 Å². The van der Waals surface area contributed by atoms with Gasteiger partial charge in [-0.2, -0.15) is 0 Å². The minimum Gasteiger partial charge on any atom is -0.447 e. The third kappa shape index (κ3) is 14.4. The number of amides is 6. The van der Waals surface area contributed by atoms with Crippen LogP contribution in [0.4, 0.5) is 10.5 Å². The van der Waals surface area contributed by atoms with Crippen LogP contribution in [0.5, 0.6) is 0 Å². The molecule has 2 saturated carbocycles. The fraction of sp³-hybridized carbons (Fsp3) is 0.529. The average molecular weight is 877 g/mol. The molecule has 0 aromatic heterocycles. The van der Waals surface area contributed by atoms with Gasteiger partial charge in [-0.15, -0.1) is 0 Å². The van der Waals surface area contributed by atoms with Crippen molar-refractivity contribution in [3.8, 4) is 0 Å². The highest BCUT2D eigenvalue weighted by molar-refractivity contribution is 5.98. The largest absolute Gasteiger partial charge is 0.447 e. The van der Waals surface area contributed by atoms with Gasteiger partial charge in [-0.25, -0.2) is 4.79 Å². The van der Waals surface area contributed by atoms with Crippen molar-refractivity contribution in [2.24, 2.45) is 11.8 Å². The van der Waals surface area contributed by atoms with Crippen molar-refractivity contribution in [2.75, 3.05) is 31.6 Å². The Hall–Kier alpha value is -5.72. The Kier molecular flexibility index (Phi) is 18.2. The summed E-state index contributed by atoms with van der Waals surface area (Å²) in [6.07, 6.45) is 12.5. The zero-order valence-electron chi connectivity index (χ0n) is 37.7. The van der Waals surface area contributed by atoms with Crippen LogP contribution in [0.2, 0.25) is 0 Å². The summed E-state index contributed by atoms with van der Waals surface area (Å²) in [5.74, 6) is -2.47. The van der Waals surface area contributed by atoms with Gasteiger partial charge in [0.15, 0.2) is 0 Å². The van der Waals surface area contributed by atoms with Crippen LogP contribution in [0.1, 0.15) is 137 Å². The lowest BCUT2D eigenvalue weighted by molar-refractivity contribution is -0.133. The summed E-state index contributed by atoms with van der Waals surface area (Å²) in [5.41, 5.74) is 3.01. The smallest absolute Gasteiger partial charge is 0.411 e. The number of carbonyl (C=O) groups excluding carboxylic acids is 6. The van der Waals surface area contributed by atoms with Crippen molar-refractivity contribution in [3.05, 3.63) is 102 Å². The Morgan fingerprint density at radius 3 is 1.70 bits per heavy atom. The first-order valence-corrected chi connectivity index (χ1v) is 23.8. The maximum Gasteiger partial charge on any atom is 0.411 e.